The molecule has 32 heavy (non-hydrogen) atoms. The van der Waals surface area contributed by atoms with Gasteiger partial charge in [-0.1, -0.05) is 43.8 Å². The van der Waals surface area contributed by atoms with Crippen molar-refractivity contribution in [3.8, 4) is 0 Å². The Balaban J connectivity index is 1.56. The molecule has 0 saturated carbocycles. The van der Waals surface area contributed by atoms with E-state index in [0.29, 0.717) is 39.5 Å². The molecule has 1 saturated heterocycles. The summed E-state index contributed by atoms with van der Waals surface area (Å²) in [6, 6.07) is 8.98. The molecule has 3 heterocycles. The molecule has 7 nitrogen and oxygen atoms in total. The minimum absolute atomic E-state index is 0.0822. The van der Waals surface area contributed by atoms with Crippen LogP contribution in [0.15, 0.2) is 39.9 Å². The quantitative estimate of drug-likeness (QED) is 0.446. The first-order valence-corrected chi connectivity index (χ1v) is 11.8. The number of fused-ring (bicyclic) bond motifs is 1. The SMILES string of the molecule is Cc1oc2nc(SCC(=O)N3CC(C)CC(C)C3)nc(NC(=O)c3ccccc3)c2c1C. The first-order chi connectivity index (χ1) is 15.3. The Morgan fingerprint density at radius 2 is 1.81 bits per heavy atom. The van der Waals surface area contributed by atoms with Crippen molar-refractivity contribution in [2.24, 2.45) is 11.8 Å². The lowest BCUT2D eigenvalue weighted by atomic mass is 9.92. The summed E-state index contributed by atoms with van der Waals surface area (Å²) in [4.78, 5) is 36.6. The van der Waals surface area contributed by atoms with Gasteiger partial charge >= 0.3 is 0 Å². The number of benzene rings is 1. The highest BCUT2D eigenvalue weighted by atomic mass is 32.2. The molecule has 0 aliphatic carbocycles. The number of piperidine rings is 1. The third kappa shape index (κ3) is 4.80. The lowest BCUT2D eigenvalue weighted by Gasteiger charge is -2.34. The van der Waals surface area contributed by atoms with Crippen molar-refractivity contribution >= 4 is 40.5 Å². The standard InChI is InChI=1S/C24H28N4O3S/c1-14-10-15(2)12-28(11-14)19(29)13-32-24-26-21(20-16(3)17(4)31-23(20)27-24)25-22(30)18-8-6-5-7-9-18/h5-9,14-15H,10-13H2,1-4H3,(H,25,26,27,30). The number of likely N-dealkylation sites (tertiary alicyclic amines) is 1. The Morgan fingerprint density at radius 3 is 2.50 bits per heavy atom. The number of hydrogen-bond donors (Lipinski definition) is 1. The van der Waals surface area contributed by atoms with Gasteiger partial charge in [-0.3, -0.25) is 9.59 Å². The van der Waals surface area contributed by atoms with Gasteiger partial charge < -0.3 is 14.6 Å². The molecule has 0 spiro atoms. The normalized spacial score (nSPS) is 18.7. The van der Waals surface area contributed by atoms with E-state index in [4.69, 9.17) is 4.42 Å². The van der Waals surface area contributed by atoms with Gasteiger partial charge in [-0.15, -0.1) is 0 Å². The van der Waals surface area contributed by atoms with Gasteiger partial charge in [0.25, 0.3) is 5.91 Å². The van der Waals surface area contributed by atoms with Gasteiger partial charge in [0.05, 0.1) is 11.1 Å². The van der Waals surface area contributed by atoms with Crippen LogP contribution >= 0.6 is 11.8 Å². The third-order valence-electron chi connectivity index (χ3n) is 5.82. The Bertz CT molecular complexity index is 1140. The van der Waals surface area contributed by atoms with Gasteiger partial charge in [-0.2, -0.15) is 4.98 Å². The largest absolute Gasteiger partial charge is 0.443 e. The van der Waals surface area contributed by atoms with Crippen LogP contribution < -0.4 is 5.32 Å². The molecule has 1 aliphatic rings. The Kier molecular flexibility index (Phi) is 6.50. The van der Waals surface area contributed by atoms with E-state index in [1.165, 1.54) is 11.8 Å². The van der Waals surface area contributed by atoms with Gasteiger partial charge in [0, 0.05) is 24.2 Å². The number of nitrogens with zero attached hydrogens (tertiary/aromatic N) is 3. The second kappa shape index (κ2) is 9.32. The predicted octanol–water partition coefficient (Wildman–Crippen LogP) is 4.69. The van der Waals surface area contributed by atoms with E-state index in [0.717, 1.165) is 30.8 Å². The number of anilines is 1. The average molecular weight is 453 g/mol. The molecular formula is C24H28N4O3S. The van der Waals surface area contributed by atoms with Crippen LogP contribution in [-0.4, -0.2) is 45.5 Å². The van der Waals surface area contributed by atoms with E-state index in [-0.39, 0.29) is 17.6 Å². The molecule has 8 heteroatoms. The van der Waals surface area contributed by atoms with E-state index >= 15 is 0 Å². The summed E-state index contributed by atoms with van der Waals surface area (Å²) in [5.41, 5.74) is 1.83. The monoisotopic (exact) mass is 452 g/mol. The van der Waals surface area contributed by atoms with Crippen LogP contribution in [-0.2, 0) is 4.79 Å². The van der Waals surface area contributed by atoms with E-state index in [1.54, 1.807) is 12.1 Å². The number of thioether (sulfide) groups is 1. The fourth-order valence-electron chi connectivity index (χ4n) is 4.24. The van der Waals surface area contributed by atoms with Crippen LogP contribution in [0.3, 0.4) is 0 Å². The second-order valence-corrected chi connectivity index (χ2v) is 9.61. The molecular weight excluding hydrogens is 424 g/mol. The number of carbonyl (C=O) groups is 2. The molecule has 1 N–H and O–H groups in total. The molecule has 0 radical (unpaired) electrons. The maximum Gasteiger partial charge on any atom is 0.256 e. The number of amides is 2. The topological polar surface area (TPSA) is 88.3 Å². The molecule has 0 bridgehead atoms. The van der Waals surface area contributed by atoms with Gasteiger partial charge in [0.15, 0.2) is 5.16 Å². The molecule has 1 aromatic carbocycles. The lowest BCUT2D eigenvalue weighted by Crippen LogP contribution is -2.43. The number of hydrogen-bond acceptors (Lipinski definition) is 6. The lowest BCUT2D eigenvalue weighted by molar-refractivity contribution is -0.130. The fraction of sp³-hybridized carbons (Fsp3) is 0.417. The van der Waals surface area contributed by atoms with Crippen molar-refractivity contribution in [1.29, 1.82) is 0 Å². The van der Waals surface area contributed by atoms with E-state index < -0.39 is 0 Å². The number of furan rings is 1. The zero-order chi connectivity index (χ0) is 22.8. The zero-order valence-electron chi connectivity index (χ0n) is 18.8. The summed E-state index contributed by atoms with van der Waals surface area (Å²) in [7, 11) is 0. The Hall–Kier alpha value is -2.87. The molecule has 2 unspecified atom stereocenters. The number of aromatic nitrogens is 2. The second-order valence-electron chi connectivity index (χ2n) is 8.67. The summed E-state index contributed by atoms with van der Waals surface area (Å²) in [6.07, 6.45) is 1.15. The summed E-state index contributed by atoms with van der Waals surface area (Å²) in [5, 5.41) is 3.99. The minimum atomic E-state index is -0.257. The number of nitrogens with one attached hydrogen (secondary N) is 1. The van der Waals surface area contributed by atoms with Crippen molar-refractivity contribution in [1.82, 2.24) is 14.9 Å². The van der Waals surface area contributed by atoms with Crippen molar-refractivity contribution in [2.45, 2.75) is 39.3 Å². The summed E-state index contributed by atoms with van der Waals surface area (Å²) in [5.74, 6) is 2.21. The van der Waals surface area contributed by atoms with Gasteiger partial charge in [0.1, 0.15) is 11.6 Å². The van der Waals surface area contributed by atoms with Crippen LogP contribution in [0.4, 0.5) is 5.82 Å². The molecule has 2 amide bonds. The van der Waals surface area contributed by atoms with E-state index in [1.807, 2.05) is 36.9 Å². The van der Waals surface area contributed by atoms with Gasteiger partial charge in [-0.05, 0) is 44.2 Å². The van der Waals surface area contributed by atoms with Crippen molar-refractivity contribution in [3.05, 3.63) is 47.2 Å². The van der Waals surface area contributed by atoms with Crippen LogP contribution in [0.1, 0.15) is 41.9 Å². The molecule has 3 aromatic rings. The van der Waals surface area contributed by atoms with Crippen molar-refractivity contribution in [3.63, 3.8) is 0 Å². The fourth-order valence-corrected chi connectivity index (χ4v) is 4.98. The number of aryl methyl sites for hydroxylation is 2. The van der Waals surface area contributed by atoms with Gasteiger partial charge in [-0.25, -0.2) is 4.98 Å². The molecule has 2 atom stereocenters. The molecule has 168 valence electrons. The van der Waals surface area contributed by atoms with Crippen LogP contribution in [0, 0.1) is 25.7 Å². The highest BCUT2D eigenvalue weighted by Gasteiger charge is 2.26. The highest BCUT2D eigenvalue weighted by molar-refractivity contribution is 7.99. The molecule has 4 rings (SSSR count). The van der Waals surface area contributed by atoms with Crippen molar-refractivity contribution < 1.29 is 14.0 Å². The minimum Gasteiger partial charge on any atom is -0.443 e. The first-order valence-electron chi connectivity index (χ1n) is 10.9. The maximum atomic E-state index is 12.8. The smallest absolute Gasteiger partial charge is 0.256 e. The Labute approximate surface area is 192 Å². The third-order valence-corrected chi connectivity index (χ3v) is 6.65. The van der Waals surface area contributed by atoms with E-state index in [2.05, 4.69) is 29.1 Å². The van der Waals surface area contributed by atoms with Crippen molar-refractivity contribution in [2.75, 3.05) is 24.2 Å². The Morgan fingerprint density at radius 1 is 1.12 bits per heavy atom. The van der Waals surface area contributed by atoms with Crippen LogP contribution in [0.5, 0.6) is 0 Å². The zero-order valence-corrected chi connectivity index (χ0v) is 19.7. The first kappa shape index (κ1) is 22.3. The van der Waals surface area contributed by atoms with E-state index in [9.17, 15) is 9.59 Å². The molecule has 2 aromatic heterocycles. The number of carbonyl (C=O) groups excluding carboxylic acids is 2. The van der Waals surface area contributed by atoms with Crippen LogP contribution in [0.2, 0.25) is 0 Å². The average Bonchev–Trinajstić information content (AvgIpc) is 3.05. The summed E-state index contributed by atoms with van der Waals surface area (Å²) in [6.45, 7) is 9.72. The predicted molar refractivity (Wildman–Crippen MR) is 126 cm³/mol. The number of rotatable bonds is 5. The summed E-state index contributed by atoms with van der Waals surface area (Å²) >= 11 is 1.27. The highest BCUT2D eigenvalue weighted by Crippen LogP contribution is 2.31. The van der Waals surface area contributed by atoms with Crippen LogP contribution in [0.25, 0.3) is 11.1 Å². The van der Waals surface area contributed by atoms with Gasteiger partial charge in [0.2, 0.25) is 11.6 Å². The maximum absolute atomic E-state index is 12.8. The molecule has 1 fully saturated rings. The summed E-state index contributed by atoms with van der Waals surface area (Å²) < 4.78 is 5.81. The molecule has 1 aliphatic heterocycles.